The lowest BCUT2D eigenvalue weighted by Crippen LogP contribution is -2.53. The molecule has 2 aliphatic rings. The summed E-state index contributed by atoms with van der Waals surface area (Å²) >= 11 is 0. The van der Waals surface area contributed by atoms with E-state index in [0.29, 0.717) is 22.7 Å². The Hall–Kier alpha value is -4.12. The van der Waals surface area contributed by atoms with Gasteiger partial charge in [-0.1, -0.05) is 67.8 Å². The molecule has 1 fully saturated rings. The minimum Gasteiger partial charge on any atom is -0.454 e. The molecule has 240 valence electrons. The molecule has 0 spiro atoms. The van der Waals surface area contributed by atoms with Crippen LogP contribution in [0.4, 0.5) is 10.1 Å². The Morgan fingerprint density at radius 1 is 0.956 bits per heavy atom. The van der Waals surface area contributed by atoms with Gasteiger partial charge in [0.25, 0.3) is 0 Å². The van der Waals surface area contributed by atoms with Gasteiger partial charge in [-0.05, 0) is 43.0 Å². The van der Waals surface area contributed by atoms with Crippen molar-refractivity contribution in [3.05, 3.63) is 89.7 Å². The highest BCUT2D eigenvalue weighted by Gasteiger charge is 2.32. The zero-order valence-electron chi connectivity index (χ0n) is 25.5. The van der Waals surface area contributed by atoms with Gasteiger partial charge >= 0.3 is 0 Å². The molecular formula is C34H40FN3O6S. The van der Waals surface area contributed by atoms with Crippen LogP contribution in [-0.2, 0) is 32.6 Å². The molecule has 0 radical (unpaired) electrons. The Kier molecular flexibility index (Phi) is 10.6. The van der Waals surface area contributed by atoms with Gasteiger partial charge in [-0.25, -0.2) is 12.8 Å². The van der Waals surface area contributed by atoms with E-state index < -0.39 is 21.9 Å². The topological polar surface area (TPSA) is 105 Å². The number of anilines is 1. The number of sulfonamides is 1. The number of halogens is 1. The van der Waals surface area contributed by atoms with Crippen LogP contribution in [0.25, 0.3) is 0 Å². The van der Waals surface area contributed by atoms with Crippen LogP contribution in [-0.4, -0.2) is 56.8 Å². The Labute approximate surface area is 264 Å². The van der Waals surface area contributed by atoms with E-state index in [0.717, 1.165) is 43.9 Å². The van der Waals surface area contributed by atoms with Gasteiger partial charge in [0.05, 0.1) is 11.9 Å². The third-order valence-corrected chi connectivity index (χ3v) is 9.51. The molecule has 1 aliphatic heterocycles. The number of rotatable bonds is 13. The highest BCUT2D eigenvalue weighted by molar-refractivity contribution is 7.92. The lowest BCUT2D eigenvalue weighted by Gasteiger charge is -2.34. The molecule has 1 N–H and O–H groups in total. The Bertz CT molecular complexity index is 1580. The predicted molar refractivity (Wildman–Crippen MR) is 170 cm³/mol. The lowest BCUT2D eigenvalue weighted by molar-refractivity contribution is -0.141. The Morgan fingerprint density at radius 2 is 1.67 bits per heavy atom. The van der Waals surface area contributed by atoms with Gasteiger partial charge in [0.15, 0.2) is 11.5 Å². The molecule has 45 heavy (non-hydrogen) atoms. The average molecular weight is 638 g/mol. The number of carbonyl (C=O) groups excluding carboxylic acids is 2. The van der Waals surface area contributed by atoms with Crippen molar-refractivity contribution in [3.63, 3.8) is 0 Å². The standard InChI is InChI=1S/C34H40FN3O6S/c1-45(41,42)38(28-18-19-31-32(22-28)44-24-43-31)20-10-17-33(39)37(23-26-13-8-9-16-29(26)35)30(21-25-11-4-2-5-12-25)34(40)36-27-14-6-3-7-15-27/h2,4-5,8-9,11-13,16,18-19,22,27,30H,3,6-7,10,14-15,17,20-21,23-24H2,1H3,(H,36,40)/t30-/m1/s1. The SMILES string of the molecule is CS(=O)(=O)N(CCCC(=O)N(Cc1ccccc1F)[C@H](Cc1ccccc1)C(=O)NC1CCCCC1)c1ccc2c(c1)OCO2. The van der Waals surface area contributed by atoms with Crippen LogP contribution in [0.15, 0.2) is 72.8 Å². The van der Waals surface area contributed by atoms with Crippen molar-refractivity contribution in [2.24, 2.45) is 0 Å². The summed E-state index contributed by atoms with van der Waals surface area (Å²) in [6.45, 7) is -0.0170. The summed E-state index contributed by atoms with van der Waals surface area (Å²) in [5, 5.41) is 3.17. The van der Waals surface area contributed by atoms with Gasteiger partial charge in [0, 0.05) is 43.6 Å². The molecule has 5 rings (SSSR count). The predicted octanol–water partition coefficient (Wildman–Crippen LogP) is 5.19. The third kappa shape index (κ3) is 8.54. The van der Waals surface area contributed by atoms with Crippen LogP contribution in [0, 0.1) is 5.82 Å². The van der Waals surface area contributed by atoms with Crippen LogP contribution in [0.3, 0.4) is 0 Å². The molecular weight excluding hydrogens is 597 g/mol. The fourth-order valence-corrected chi connectivity index (χ4v) is 6.91. The van der Waals surface area contributed by atoms with E-state index in [2.05, 4.69) is 5.32 Å². The lowest BCUT2D eigenvalue weighted by atomic mass is 9.94. The summed E-state index contributed by atoms with van der Waals surface area (Å²) in [6, 6.07) is 19.7. The molecule has 9 nitrogen and oxygen atoms in total. The van der Waals surface area contributed by atoms with E-state index in [4.69, 9.17) is 9.47 Å². The molecule has 0 saturated heterocycles. The monoisotopic (exact) mass is 637 g/mol. The molecule has 11 heteroatoms. The van der Waals surface area contributed by atoms with E-state index in [9.17, 15) is 22.4 Å². The zero-order valence-corrected chi connectivity index (χ0v) is 26.3. The Morgan fingerprint density at radius 3 is 2.40 bits per heavy atom. The fraction of sp³-hybridized carbons (Fsp3) is 0.412. The maximum Gasteiger partial charge on any atom is 0.243 e. The maximum atomic E-state index is 14.9. The Balaban J connectivity index is 1.38. The molecule has 1 atom stereocenters. The number of ether oxygens (including phenoxy) is 2. The number of hydrogen-bond acceptors (Lipinski definition) is 6. The molecule has 0 unspecified atom stereocenters. The summed E-state index contributed by atoms with van der Waals surface area (Å²) in [6.07, 6.45) is 6.46. The van der Waals surface area contributed by atoms with Crippen molar-refractivity contribution in [1.82, 2.24) is 10.2 Å². The number of fused-ring (bicyclic) bond motifs is 1. The number of carbonyl (C=O) groups is 2. The van der Waals surface area contributed by atoms with Gasteiger partial charge in [-0.15, -0.1) is 0 Å². The van der Waals surface area contributed by atoms with E-state index in [1.54, 1.807) is 36.4 Å². The number of amides is 2. The smallest absolute Gasteiger partial charge is 0.243 e. The van der Waals surface area contributed by atoms with Crippen molar-refractivity contribution in [3.8, 4) is 11.5 Å². The van der Waals surface area contributed by atoms with Gasteiger partial charge in [0.1, 0.15) is 11.9 Å². The highest BCUT2D eigenvalue weighted by atomic mass is 32.2. The van der Waals surface area contributed by atoms with Crippen LogP contribution in [0.1, 0.15) is 56.1 Å². The summed E-state index contributed by atoms with van der Waals surface area (Å²) in [5.41, 5.74) is 1.57. The van der Waals surface area contributed by atoms with Crippen molar-refractivity contribution >= 4 is 27.5 Å². The summed E-state index contributed by atoms with van der Waals surface area (Å²) < 4.78 is 52.5. The zero-order chi connectivity index (χ0) is 31.8. The summed E-state index contributed by atoms with van der Waals surface area (Å²) in [5.74, 6) is -0.124. The van der Waals surface area contributed by atoms with E-state index in [1.165, 1.54) is 15.3 Å². The van der Waals surface area contributed by atoms with Crippen LogP contribution in [0.2, 0.25) is 0 Å². The van der Waals surface area contributed by atoms with Gasteiger partial charge in [-0.3, -0.25) is 13.9 Å². The number of nitrogens with zero attached hydrogens (tertiary/aromatic N) is 2. The number of benzene rings is 3. The first kappa shape index (κ1) is 32.3. The van der Waals surface area contributed by atoms with Crippen molar-refractivity contribution < 1.29 is 31.9 Å². The second-order valence-electron chi connectivity index (χ2n) is 11.6. The van der Waals surface area contributed by atoms with E-state index >= 15 is 0 Å². The second-order valence-corrected chi connectivity index (χ2v) is 13.5. The van der Waals surface area contributed by atoms with Gasteiger partial charge in [0.2, 0.25) is 28.6 Å². The molecule has 0 aromatic heterocycles. The number of nitrogens with one attached hydrogen (secondary N) is 1. The fourth-order valence-electron chi connectivity index (χ4n) is 5.95. The largest absolute Gasteiger partial charge is 0.454 e. The van der Waals surface area contributed by atoms with E-state index in [-0.39, 0.29) is 57.0 Å². The summed E-state index contributed by atoms with van der Waals surface area (Å²) in [4.78, 5) is 29.4. The van der Waals surface area contributed by atoms with E-state index in [1.807, 2.05) is 30.3 Å². The first-order valence-corrected chi connectivity index (χ1v) is 17.3. The van der Waals surface area contributed by atoms with Crippen molar-refractivity contribution in [2.45, 2.75) is 70.0 Å². The number of hydrogen-bond donors (Lipinski definition) is 1. The first-order valence-electron chi connectivity index (χ1n) is 15.4. The maximum absolute atomic E-state index is 14.9. The average Bonchev–Trinajstić information content (AvgIpc) is 3.50. The minimum atomic E-state index is -3.70. The molecule has 0 bridgehead atoms. The van der Waals surface area contributed by atoms with Crippen LogP contribution in [0.5, 0.6) is 11.5 Å². The normalized spacial score (nSPS) is 15.3. The molecule has 1 saturated carbocycles. The highest BCUT2D eigenvalue weighted by Crippen LogP contribution is 2.36. The van der Waals surface area contributed by atoms with Gasteiger partial charge < -0.3 is 19.7 Å². The third-order valence-electron chi connectivity index (χ3n) is 8.32. The summed E-state index contributed by atoms with van der Waals surface area (Å²) in [7, 11) is -3.70. The molecule has 3 aromatic rings. The second kappa shape index (κ2) is 14.8. The van der Waals surface area contributed by atoms with Gasteiger partial charge in [-0.2, -0.15) is 0 Å². The molecule has 1 aliphatic carbocycles. The van der Waals surface area contributed by atoms with Crippen LogP contribution < -0.4 is 19.1 Å². The minimum absolute atomic E-state index is 0.0232. The molecule has 3 aromatic carbocycles. The molecule has 2 amide bonds. The van der Waals surface area contributed by atoms with Crippen molar-refractivity contribution in [1.29, 1.82) is 0 Å². The quantitative estimate of drug-likeness (QED) is 0.277. The first-order chi connectivity index (χ1) is 21.7. The molecule has 1 heterocycles. The van der Waals surface area contributed by atoms with Crippen molar-refractivity contribution in [2.75, 3.05) is 23.9 Å². The van der Waals surface area contributed by atoms with Crippen LogP contribution >= 0.6 is 0 Å².